The van der Waals surface area contributed by atoms with Gasteiger partial charge in [0.25, 0.3) is 0 Å². The van der Waals surface area contributed by atoms with Crippen LogP contribution in [0.2, 0.25) is 10.0 Å². The average Bonchev–Trinajstić information content (AvgIpc) is 2.41. The van der Waals surface area contributed by atoms with E-state index in [1.54, 1.807) is 12.1 Å². The van der Waals surface area contributed by atoms with Crippen molar-refractivity contribution in [3.8, 4) is 0 Å². The Bertz CT molecular complexity index is 608. The summed E-state index contributed by atoms with van der Waals surface area (Å²) in [6, 6.07) is 11.0. The van der Waals surface area contributed by atoms with Crippen LogP contribution in [-0.4, -0.2) is 6.54 Å². The standard InChI is InChI=1S/C17H18Cl2FN/c1-3-21-17(13-6-11(2)7-14(18)10-13)9-12-4-5-16(20)15(19)8-12/h4-8,10,17,21H,3,9H2,1-2H3. The average molecular weight is 326 g/mol. The number of hydrogen-bond acceptors (Lipinski definition) is 1. The van der Waals surface area contributed by atoms with Crippen LogP contribution in [0.3, 0.4) is 0 Å². The summed E-state index contributed by atoms with van der Waals surface area (Å²) in [5.74, 6) is -0.390. The predicted molar refractivity (Wildman–Crippen MR) is 87.7 cm³/mol. The normalized spacial score (nSPS) is 12.4. The van der Waals surface area contributed by atoms with Crippen molar-refractivity contribution in [1.29, 1.82) is 0 Å². The summed E-state index contributed by atoms with van der Waals surface area (Å²) in [6.45, 7) is 4.92. The maximum absolute atomic E-state index is 13.2. The van der Waals surface area contributed by atoms with E-state index in [1.165, 1.54) is 6.07 Å². The fourth-order valence-electron chi connectivity index (χ4n) is 2.42. The second kappa shape index (κ2) is 7.26. The Labute approximate surface area is 135 Å². The highest BCUT2D eigenvalue weighted by molar-refractivity contribution is 6.31. The highest BCUT2D eigenvalue weighted by Crippen LogP contribution is 2.25. The molecule has 1 atom stereocenters. The van der Waals surface area contributed by atoms with Crippen molar-refractivity contribution in [2.75, 3.05) is 6.54 Å². The number of hydrogen-bond donors (Lipinski definition) is 1. The van der Waals surface area contributed by atoms with Gasteiger partial charge in [-0.05, 0) is 60.8 Å². The van der Waals surface area contributed by atoms with Gasteiger partial charge in [0.15, 0.2) is 0 Å². The second-order valence-electron chi connectivity index (χ2n) is 5.12. The molecular formula is C17H18Cl2FN. The van der Waals surface area contributed by atoms with Gasteiger partial charge in [-0.3, -0.25) is 0 Å². The molecule has 0 radical (unpaired) electrons. The number of likely N-dealkylation sites (N-methyl/N-ethyl adjacent to an activating group) is 1. The zero-order valence-electron chi connectivity index (χ0n) is 12.1. The lowest BCUT2D eigenvalue weighted by Crippen LogP contribution is -2.23. The van der Waals surface area contributed by atoms with Gasteiger partial charge in [-0.15, -0.1) is 0 Å². The van der Waals surface area contributed by atoms with E-state index in [4.69, 9.17) is 23.2 Å². The van der Waals surface area contributed by atoms with E-state index in [0.29, 0.717) is 0 Å². The van der Waals surface area contributed by atoms with Gasteiger partial charge in [-0.1, -0.05) is 42.3 Å². The van der Waals surface area contributed by atoms with Crippen LogP contribution in [0.5, 0.6) is 0 Å². The lowest BCUT2D eigenvalue weighted by atomic mass is 9.97. The zero-order valence-corrected chi connectivity index (χ0v) is 13.6. The van der Waals surface area contributed by atoms with Crippen molar-refractivity contribution in [2.45, 2.75) is 26.3 Å². The van der Waals surface area contributed by atoms with Crippen LogP contribution in [-0.2, 0) is 6.42 Å². The van der Waals surface area contributed by atoms with Crippen molar-refractivity contribution < 1.29 is 4.39 Å². The first-order valence-electron chi connectivity index (χ1n) is 6.94. The third-order valence-corrected chi connectivity index (χ3v) is 3.85. The van der Waals surface area contributed by atoms with E-state index in [1.807, 2.05) is 19.1 Å². The molecule has 0 fully saturated rings. The quantitative estimate of drug-likeness (QED) is 0.782. The molecule has 0 saturated heterocycles. The summed E-state index contributed by atoms with van der Waals surface area (Å²) < 4.78 is 13.2. The number of rotatable bonds is 5. The number of halogens is 3. The number of benzene rings is 2. The SMILES string of the molecule is CCNC(Cc1ccc(F)c(Cl)c1)c1cc(C)cc(Cl)c1. The molecular weight excluding hydrogens is 308 g/mol. The fourth-order valence-corrected chi connectivity index (χ4v) is 2.92. The van der Waals surface area contributed by atoms with Crippen LogP contribution < -0.4 is 5.32 Å². The Morgan fingerprint density at radius 3 is 2.52 bits per heavy atom. The monoisotopic (exact) mass is 325 g/mol. The molecule has 0 aromatic heterocycles. The van der Waals surface area contributed by atoms with Gasteiger partial charge in [-0.2, -0.15) is 0 Å². The van der Waals surface area contributed by atoms with Gasteiger partial charge in [0, 0.05) is 11.1 Å². The third-order valence-electron chi connectivity index (χ3n) is 3.34. The Kier molecular flexibility index (Phi) is 5.63. The highest BCUT2D eigenvalue weighted by Gasteiger charge is 2.13. The van der Waals surface area contributed by atoms with Crippen LogP contribution in [0.1, 0.15) is 29.7 Å². The molecule has 2 rings (SSSR count). The molecule has 0 heterocycles. The first-order valence-corrected chi connectivity index (χ1v) is 7.69. The molecule has 0 aliphatic heterocycles. The van der Waals surface area contributed by atoms with Gasteiger partial charge in [0.1, 0.15) is 5.82 Å². The van der Waals surface area contributed by atoms with Crippen LogP contribution in [0.25, 0.3) is 0 Å². The molecule has 1 N–H and O–H groups in total. The van der Waals surface area contributed by atoms with E-state index >= 15 is 0 Å². The van der Waals surface area contributed by atoms with E-state index in [-0.39, 0.29) is 16.9 Å². The predicted octanol–water partition coefficient (Wildman–Crippen LogP) is 5.33. The lowest BCUT2D eigenvalue weighted by molar-refractivity contribution is 0.548. The van der Waals surface area contributed by atoms with Gasteiger partial charge in [0.05, 0.1) is 5.02 Å². The summed E-state index contributed by atoms with van der Waals surface area (Å²) >= 11 is 12.0. The van der Waals surface area contributed by atoms with E-state index in [9.17, 15) is 4.39 Å². The maximum atomic E-state index is 13.2. The largest absolute Gasteiger partial charge is 0.310 e. The third kappa shape index (κ3) is 4.44. The van der Waals surface area contributed by atoms with Crippen molar-refractivity contribution in [2.24, 2.45) is 0 Å². The molecule has 0 spiro atoms. The van der Waals surface area contributed by atoms with Gasteiger partial charge < -0.3 is 5.32 Å². The minimum atomic E-state index is -0.390. The summed E-state index contributed by atoms with van der Waals surface area (Å²) in [5, 5.41) is 4.32. The molecule has 2 aromatic rings. The number of aryl methyl sites for hydroxylation is 1. The molecule has 1 nitrogen and oxygen atoms in total. The van der Waals surface area contributed by atoms with Gasteiger partial charge in [-0.25, -0.2) is 4.39 Å². The summed E-state index contributed by atoms with van der Waals surface area (Å²) in [6.07, 6.45) is 0.730. The molecule has 1 unspecified atom stereocenters. The van der Waals surface area contributed by atoms with Crippen LogP contribution in [0.15, 0.2) is 36.4 Å². The molecule has 112 valence electrons. The first-order chi connectivity index (χ1) is 9.99. The fraction of sp³-hybridized carbons (Fsp3) is 0.294. The van der Waals surface area contributed by atoms with Crippen molar-refractivity contribution in [3.05, 3.63) is 69.0 Å². The summed E-state index contributed by atoms with van der Waals surface area (Å²) in [7, 11) is 0. The smallest absolute Gasteiger partial charge is 0.141 e. The molecule has 0 bridgehead atoms. The molecule has 0 aliphatic carbocycles. The Balaban J connectivity index is 2.27. The minimum absolute atomic E-state index is 0.119. The van der Waals surface area contributed by atoms with E-state index < -0.39 is 0 Å². The first kappa shape index (κ1) is 16.3. The second-order valence-corrected chi connectivity index (χ2v) is 5.97. The van der Waals surface area contributed by atoms with Gasteiger partial charge in [0.2, 0.25) is 0 Å². The molecule has 21 heavy (non-hydrogen) atoms. The molecule has 0 aliphatic rings. The lowest BCUT2D eigenvalue weighted by Gasteiger charge is -2.19. The molecule has 2 aromatic carbocycles. The van der Waals surface area contributed by atoms with E-state index in [0.717, 1.165) is 34.7 Å². The summed E-state index contributed by atoms with van der Waals surface area (Å²) in [5.41, 5.74) is 3.24. The molecule has 0 saturated carbocycles. The maximum Gasteiger partial charge on any atom is 0.141 e. The molecule has 0 amide bonds. The van der Waals surface area contributed by atoms with E-state index in [2.05, 4.69) is 18.3 Å². The van der Waals surface area contributed by atoms with Crippen molar-refractivity contribution >= 4 is 23.2 Å². The minimum Gasteiger partial charge on any atom is -0.310 e. The Morgan fingerprint density at radius 1 is 1.14 bits per heavy atom. The van der Waals surface area contributed by atoms with Crippen molar-refractivity contribution in [1.82, 2.24) is 5.32 Å². The van der Waals surface area contributed by atoms with Crippen molar-refractivity contribution in [3.63, 3.8) is 0 Å². The number of nitrogens with one attached hydrogen (secondary N) is 1. The molecule has 4 heteroatoms. The Hall–Kier alpha value is -1.09. The van der Waals surface area contributed by atoms with Crippen LogP contribution >= 0.6 is 23.2 Å². The summed E-state index contributed by atoms with van der Waals surface area (Å²) in [4.78, 5) is 0. The van der Waals surface area contributed by atoms with Crippen LogP contribution in [0, 0.1) is 12.7 Å². The topological polar surface area (TPSA) is 12.0 Å². The van der Waals surface area contributed by atoms with Crippen LogP contribution in [0.4, 0.5) is 4.39 Å². The Morgan fingerprint density at radius 2 is 1.90 bits per heavy atom. The van der Waals surface area contributed by atoms with Gasteiger partial charge >= 0.3 is 0 Å². The zero-order chi connectivity index (χ0) is 15.4. The highest BCUT2D eigenvalue weighted by atomic mass is 35.5.